The van der Waals surface area contributed by atoms with Crippen LogP contribution in [0.4, 0.5) is 0 Å². The normalized spacial score (nSPS) is 11.6. The zero-order valence-electron chi connectivity index (χ0n) is 50.5. The Bertz CT molecular complexity index is 5970. The predicted molar refractivity (Wildman–Crippen MR) is 388 cm³/mol. The highest BCUT2D eigenvalue weighted by Gasteiger charge is 2.23. The minimum absolute atomic E-state index is 0.637. The van der Waals surface area contributed by atoms with E-state index in [2.05, 4.69) is 214 Å². The summed E-state index contributed by atoms with van der Waals surface area (Å²) in [6.07, 6.45) is 0. The Kier molecular flexibility index (Phi) is 13.2. The lowest BCUT2D eigenvalue weighted by atomic mass is 10.1. The summed E-state index contributed by atoms with van der Waals surface area (Å²) in [7, 11) is 0. The van der Waals surface area contributed by atoms with Gasteiger partial charge in [0.05, 0.1) is 33.1 Å². The van der Waals surface area contributed by atoms with Crippen molar-refractivity contribution in [3.63, 3.8) is 0 Å². The lowest BCUT2D eigenvalue weighted by Crippen LogP contribution is -2.01. The van der Waals surface area contributed by atoms with E-state index in [1.165, 1.54) is 80.1 Å². The quantitative estimate of drug-likeness (QED) is 0.143. The molecule has 0 N–H and O–H groups in total. The van der Waals surface area contributed by atoms with Crippen LogP contribution in [0.5, 0.6) is 0 Å². The van der Waals surface area contributed by atoms with Crippen molar-refractivity contribution < 1.29 is 0 Å². The van der Waals surface area contributed by atoms with E-state index in [-0.39, 0.29) is 0 Å². The van der Waals surface area contributed by atoms with Crippen molar-refractivity contribution in [3.8, 4) is 85.4 Å². The van der Waals surface area contributed by atoms with Gasteiger partial charge in [-0.1, -0.05) is 237 Å². The number of hydrogen-bond acceptors (Lipinski definition) is 7. The van der Waals surface area contributed by atoms with E-state index in [0.29, 0.717) is 34.9 Å². The Morgan fingerprint density at radius 1 is 0.191 bits per heavy atom. The molecule has 0 aliphatic heterocycles. The molecule has 94 heavy (non-hydrogen) atoms. The van der Waals surface area contributed by atoms with E-state index in [9.17, 15) is 0 Å². The fourth-order valence-electron chi connectivity index (χ4n) is 13.5. The zero-order chi connectivity index (χ0) is 62.1. The largest absolute Gasteiger partial charge is 0.309 e. The number of nitrogens with zero attached hydrogens (tertiary/aromatic N) is 9. The van der Waals surface area contributed by atoms with Crippen molar-refractivity contribution in [3.05, 3.63) is 322 Å². The van der Waals surface area contributed by atoms with E-state index < -0.39 is 0 Å². The summed E-state index contributed by atoms with van der Waals surface area (Å²) >= 11 is 1.85. The third kappa shape index (κ3) is 9.38. The molecule has 0 fully saturated rings. The molecule has 19 aromatic rings. The van der Waals surface area contributed by atoms with Crippen molar-refractivity contribution in [1.82, 2.24) is 43.6 Å². The van der Waals surface area contributed by atoms with Crippen LogP contribution in [0.1, 0.15) is 0 Å². The summed E-state index contributed by atoms with van der Waals surface area (Å²) < 4.78 is 9.79. The summed E-state index contributed by atoms with van der Waals surface area (Å²) in [5, 5.41) is 10.0. The van der Waals surface area contributed by atoms with E-state index in [1.54, 1.807) is 0 Å². The molecule has 10 heteroatoms. The second-order valence-electron chi connectivity index (χ2n) is 23.4. The van der Waals surface area contributed by atoms with Crippen LogP contribution in [0, 0.1) is 0 Å². The van der Waals surface area contributed by atoms with Crippen molar-refractivity contribution >= 4 is 96.9 Å². The SMILES string of the molecule is c1ccc(-c2nc(-c3ccccc3)nc(-c3ccc(-n4c5ccccc5c5ccc6c7ccccc7n(-c7ccccc7)c6c54)cc3)n2)cc1.c1ccc(-c2nc(-c3ccccc3)nc(-c3cccc(-n4c5ccccc5c5cc6c(cc54)sc4ccccc46)c3)n2)cc1. The molecule has 0 aliphatic rings. The topological polar surface area (TPSA) is 92.1 Å². The molecule has 0 unspecified atom stereocenters. The second-order valence-corrected chi connectivity index (χ2v) is 24.5. The molecule has 440 valence electrons. The van der Waals surface area contributed by atoms with E-state index in [4.69, 9.17) is 29.9 Å². The fraction of sp³-hybridized carbons (Fsp3) is 0. The average molecular weight is 1220 g/mol. The van der Waals surface area contributed by atoms with Gasteiger partial charge in [0, 0.05) is 103 Å². The first-order valence-electron chi connectivity index (χ1n) is 31.4. The molecule has 6 heterocycles. The van der Waals surface area contributed by atoms with E-state index >= 15 is 0 Å². The van der Waals surface area contributed by atoms with Crippen molar-refractivity contribution in [2.75, 3.05) is 0 Å². The number of hydrogen-bond donors (Lipinski definition) is 0. The molecule has 0 saturated carbocycles. The zero-order valence-corrected chi connectivity index (χ0v) is 51.3. The van der Waals surface area contributed by atoms with Crippen molar-refractivity contribution in [2.24, 2.45) is 0 Å². The number of fused-ring (bicyclic) bond motifs is 13. The van der Waals surface area contributed by atoms with Gasteiger partial charge < -0.3 is 13.7 Å². The second kappa shape index (κ2) is 22.8. The molecule has 0 amide bonds. The molecule has 0 spiro atoms. The Morgan fingerprint density at radius 3 is 1.02 bits per heavy atom. The van der Waals surface area contributed by atoms with Crippen molar-refractivity contribution in [2.45, 2.75) is 0 Å². The number of aromatic nitrogens is 9. The molecule has 0 bridgehead atoms. The van der Waals surface area contributed by atoms with Gasteiger partial charge >= 0.3 is 0 Å². The molecule has 0 saturated heterocycles. The first kappa shape index (κ1) is 54.4. The van der Waals surface area contributed by atoms with Gasteiger partial charge in [0.1, 0.15) is 0 Å². The maximum absolute atomic E-state index is 4.98. The minimum Gasteiger partial charge on any atom is -0.309 e. The highest BCUT2D eigenvalue weighted by molar-refractivity contribution is 7.25. The Hall–Kier alpha value is -12.5. The summed E-state index contributed by atoms with van der Waals surface area (Å²) in [4.78, 5) is 29.7. The fourth-order valence-corrected chi connectivity index (χ4v) is 14.6. The number of benzene rings is 13. The summed E-state index contributed by atoms with van der Waals surface area (Å²) in [5.74, 6) is 3.90. The number of para-hydroxylation sites is 4. The van der Waals surface area contributed by atoms with E-state index in [1.807, 2.05) is 133 Å². The van der Waals surface area contributed by atoms with Gasteiger partial charge in [-0.25, -0.2) is 29.9 Å². The lowest BCUT2D eigenvalue weighted by molar-refractivity contribution is 1.07. The molecular weight excluding hydrogens is 1170 g/mol. The van der Waals surface area contributed by atoms with Crippen LogP contribution in [0.15, 0.2) is 322 Å². The van der Waals surface area contributed by atoms with Gasteiger partial charge in [0.2, 0.25) is 0 Å². The smallest absolute Gasteiger partial charge is 0.164 e. The molecule has 13 aromatic carbocycles. The molecule has 19 rings (SSSR count). The van der Waals surface area contributed by atoms with Crippen LogP contribution in [0.3, 0.4) is 0 Å². The maximum Gasteiger partial charge on any atom is 0.164 e. The monoisotopic (exact) mass is 1220 g/mol. The predicted octanol–water partition coefficient (Wildman–Crippen LogP) is 21.4. The third-order valence-electron chi connectivity index (χ3n) is 17.8. The van der Waals surface area contributed by atoms with Crippen LogP contribution in [-0.2, 0) is 0 Å². The minimum atomic E-state index is 0.637. The standard InChI is InChI=1S/C45H29N5.C39H24N4S/c1-4-14-30(15-5-1)43-46-44(31-16-6-2-7-17-31)48-45(47-43)32-24-26-34(27-25-32)50-40-23-13-11-21-36(40)38-29-28-37-35-20-10-12-22-39(35)49(41(37)42(38)50)33-18-8-3-9-19-33;1-3-12-25(13-4-1)37-40-38(26-14-5-2-6-15-26)42-39(41-37)27-16-11-17-28(22-27)43-33-20-9-7-18-29(33)31-23-32-30-19-8-10-21-35(30)44-36(32)24-34(31)43/h1-29H;1-24H. The summed E-state index contributed by atoms with van der Waals surface area (Å²) in [6.45, 7) is 0. The Morgan fingerprint density at radius 2 is 0.543 bits per heavy atom. The number of rotatable bonds is 9. The summed E-state index contributed by atoms with van der Waals surface area (Å²) in [5.41, 5.74) is 16.0. The molecule has 0 radical (unpaired) electrons. The summed E-state index contributed by atoms with van der Waals surface area (Å²) in [6, 6.07) is 112. The van der Waals surface area contributed by atoms with Gasteiger partial charge in [-0.3, -0.25) is 0 Å². The van der Waals surface area contributed by atoms with Gasteiger partial charge in [-0.2, -0.15) is 0 Å². The van der Waals surface area contributed by atoms with Crippen LogP contribution >= 0.6 is 11.3 Å². The molecule has 0 aliphatic carbocycles. The lowest BCUT2D eigenvalue weighted by Gasteiger charge is -2.13. The average Bonchev–Trinajstić information content (AvgIpc) is 1.55. The number of thiophene rings is 1. The van der Waals surface area contributed by atoms with E-state index in [0.717, 1.165) is 56.0 Å². The molecule has 9 nitrogen and oxygen atoms in total. The van der Waals surface area contributed by atoms with Crippen molar-refractivity contribution in [1.29, 1.82) is 0 Å². The third-order valence-corrected chi connectivity index (χ3v) is 18.9. The molecule has 0 atom stereocenters. The van der Waals surface area contributed by atoms with Crippen LogP contribution in [0.2, 0.25) is 0 Å². The van der Waals surface area contributed by atoms with Gasteiger partial charge in [0.25, 0.3) is 0 Å². The Balaban J connectivity index is 0.000000139. The van der Waals surface area contributed by atoms with Crippen LogP contribution in [-0.4, -0.2) is 43.6 Å². The van der Waals surface area contributed by atoms with Gasteiger partial charge in [-0.05, 0) is 84.9 Å². The first-order chi connectivity index (χ1) is 46.6. The van der Waals surface area contributed by atoms with Crippen LogP contribution in [0.25, 0.3) is 171 Å². The highest BCUT2D eigenvalue weighted by atomic mass is 32.1. The van der Waals surface area contributed by atoms with Gasteiger partial charge in [0.15, 0.2) is 34.9 Å². The highest BCUT2D eigenvalue weighted by Crippen LogP contribution is 2.44. The van der Waals surface area contributed by atoms with Crippen LogP contribution < -0.4 is 0 Å². The maximum atomic E-state index is 4.98. The first-order valence-corrected chi connectivity index (χ1v) is 32.2. The Labute approximate surface area is 544 Å². The molecular formula is C84H53N9S. The molecule has 6 aromatic heterocycles. The van der Waals surface area contributed by atoms with Gasteiger partial charge in [-0.15, -0.1) is 11.3 Å².